The lowest BCUT2D eigenvalue weighted by atomic mass is 10.0. The van der Waals surface area contributed by atoms with Gasteiger partial charge in [0.1, 0.15) is 11.5 Å². The average molecular weight is 646 g/mol. The third kappa shape index (κ3) is 6.46. The fourth-order valence-electron chi connectivity index (χ4n) is 2.77. The minimum atomic E-state index is -3.87. The van der Waals surface area contributed by atoms with Crippen LogP contribution in [-0.4, -0.2) is 15.7 Å². The molecule has 2 rings (SSSR count). The van der Waals surface area contributed by atoms with E-state index in [2.05, 4.69) is 45.2 Å². The van der Waals surface area contributed by atoms with Crippen molar-refractivity contribution in [1.82, 2.24) is 0 Å². The smallest absolute Gasteiger partial charge is 0.369 e. The largest absolute Gasteiger partial charge is 0.508 e. The summed E-state index contributed by atoms with van der Waals surface area (Å²) in [4.78, 5) is 15.3. The zero-order valence-electron chi connectivity index (χ0n) is 16.7. The third-order valence-electron chi connectivity index (χ3n) is 4.46. The maximum Gasteiger partial charge on any atom is 0.369 e. The van der Waals surface area contributed by atoms with Crippen LogP contribution in [0.1, 0.15) is 52.0 Å². The van der Waals surface area contributed by atoms with Crippen LogP contribution in [0.25, 0.3) is 0 Å². The fourth-order valence-corrected chi connectivity index (χ4v) is 5.93. The van der Waals surface area contributed by atoms with Crippen molar-refractivity contribution in [2.45, 2.75) is 52.1 Å². The van der Waals surface area contributed by atoms with Crippen molar-refractivity contribution < 1.29 is 28.9 Å². The van der Waals surface area contributed by atoms with E-state index in [-0.39, 0.29) is 11.7 Å². The summed E-state index contributed by atoms with van der Waals surface area (Å²) in [6.07, 6.45) is 1.06. The number of hydrogen-bond donors (Lipinski definition) is 2. The van der Waals surface area contributed by atoms with Crippen molar-refractivity contribution in [3.8, 4) is 23.0 Å². The SMILES string of the molecule is CCC(CC)P(=O)(O)OOc1cc(I)c(Oc2ccc(O)c(C(C)C)c2)c(I)c1. The van der Waals surface area contributed by atoms with Crippen LogP contribution >= 0.6 is 52.8 Å². The molecule has 2 aromatic rings. The van der Waals surface area contributed by atoms with E-state index in [0.717, 1.165) is 12.7 Å². The van der Waals surface area contributed by atoms with Crippen LogP contribution in [0.2, 0.25) is 0 Å². The minimum absolute atomic E-state index is 0.161. The van der Waals surface area contributed by atoms with Crippen molar-refractivity contribution in [3.05, 3.63) is 43.0 Å². The second-order valence-corrected chi connectivity index (χ2v) is 11.2. The number of hydrogen-bond acceptors (Lipinski definition) is 5. The quantitative estimate of drug-likeness (QED) is 0.130. The van der Waals surface area contributed by atoms with Crippen LogP contribution < -0.4 is 9.62 Å². The molecule has 0 aromatic heterocycles. The number of phenolic OH excluding ortho intramolecular Hbond substituents is 1. The van der Waals surface area contributed by atoms with Gasteiger partial charge in [0, 0.05) is 17.7 Å². The number of phenols is 1. The molecule has 1 unspecified atom stereocenters. The Labute approximate surface area is 198 Å². The molecule has 0 saturated carbocycles. The Morgan fingerprint density at radius 1 is 1.03 bits per heavy atom. The highest BCUT2D eigenvalue weighted by molar-refractivity contribution is 14.1. The first-order chi connectivity index (χ1) is 13.6. The molecule has 2 N–H and O–H groups in total. The van der Waals surface area contributed by atoms with Crippen molar-refractivity contribution in [2.75, 3.05) is 0 Å². The molecule has 0 aliphatic rings. The molecule has 29 heavy (non-hydrogen) atoms. The summed E-state index contributed by atoms with van der Waals surface area (Å²) >= 11 is 4.22. The molecule has 2 aromatic carbocycles. The van der Waals surface area contributed by atoms with Gasteiger partial charge in [-0.15, -0.1) is 0 Å². The fraction of sp³-hybridized carbons (Fsp3) is 0.400. The van der Waals surface area contributed by atoms with Gasteiger partial charge in [-0.1, -0.05) is 32.4 Å². The van der Waals surface area contributed by atoms with Crippen molar-refractivity contribution in [1.29, 1.82) is 0 Å². The normalized spacial score (nSPS) is 13.6. The summed E-state index contributed by atoms with van der Waals surface area (Å²) in [6.45, 7) is 7.68. The van der Waals surface area contributed by atoms with E-state index < -0.39 is 13.3 Å². The van der Waals surface area contributed by atoms with Gasteiger partial charge in [0.2, 0.25) is 0 Å². The van der Waals surface area contributed by atoms with Crippen LogP contribution in [0, 0.1) is 7.14 Å². The maximum atomic E-state index is 12.3. The molecular formula is C20H25I2O6P. The summed E-state index contributed by atoms with van der Waals surface area (Å²) in [6, 6.07) is 8.49. The monoisotopic (exact) mass is 646 g/mol. The van der Waals surface area contributed by atoms with E-state index in [4.69, 9.17) is 14.3 Å². The Hall–Kier alpha value is -0.550. The maximum absolute atomic E-state index is 12.3. The summed E-state index contributed by atoms with van der Waals surface area (Å²) in [5.41, 5.74) is 0.342. The van der Waals surface area contributed by atoms with E-state index in [1.165, 1.54) is 0 Å². The minimum Gasteiger partial charge on any atom is -0.508 e. The predicted molar refractivity (Wildman–Crippen MR) is 130 cm³/mol. The van der Waals surface area contributed by atoms with E-state index in [1.807, 2.05) is 33.8 Å². The molecule has 9 heteroatoms. The summed E-state index contributed by atoms with van der Waals surface area (Å²) < 4.78 is 24.8. The van der Waals surface area contributed by atoms with Crippen LogP contribution in [0.5, 0.6) is 23.0 Å². The molecule has 0 bridgehead atoms. The summed E-state index contributed by atoms with van der Waals surface area (Å²) in [5, 5.41) is 9.98. The van der Waals surface area contributed by atoms with Gasteiger partial charge in [0.25, 0.3) is 0 Å². The van der Waals surface area contributed by atoms with E-state index in [9.17, 15) is 14.6 Å². The first-order valence-corrected chi connectivity index (χ1v) is 13.1. The Morgan fingerprint density at radius 3 is 2.14 bits per heavy atom. The Balaban J connectivity index is 2.20. The lowest BCUT2D eigenvalue weighted by Gasteiger charge is -2.19. The van der Waals surface area contributed by atoms with Gasteiger partial charge in [0.15, 0.2) is 11.5 Å². The van der Waals surface area contributed by atoms with Crippen molar-refractivity contribution in [3.63, 3.8) is 0 Å². The molecule has 0 spiro atoms. The lowest BCUT2D eigenvalue weighted by Crippen LogP contribution is -2.10. The standard InChI is InChI=1S/C20H25I2O6P/c1-5-15(6-2)29(24,25)28-27-14-10-17(21)20(18(22)11-14)26-13-7-8-19(23)16(9-13)12(3)4/h7-12,15,23H,5-6H2,1-4H3,(H,24,25). The highest BCUT2D eigenvalue weighted by Crippen LogP contribution is 2.50. The number of rotatable bonds is 9. The zero-order chi connectivity index (χ0) is 21.8. The van der Waals surface area contributed by atoms with Crippen molar-refractivity contribution >= 4 is 52.8 Å². The van der Waals surface area contributed by atoms with Crippen LogP contribution in [0.15, 0.2) is 30.3 Å². The number of aromatic hydroxyl groups is 1. The molecule has 0 saturated heterocycles. The van der Waals surface area contributed by atoms with Crippen LogP contribution in [0.3, 0.4) is 0 Å². The molecule has 1 atom stereocenters. The molecule has 0 heterocycles. The van der Waals surface area contributed by atoms with Gasteiger partial charge in [0.05, 0.1) is 12.8 Å². The molecule has 0 aliphatic carbocycles. The first kappa shape index (κ1) is 24.7. The summed E-state index contributed by atoms with van der Waals surface area (Å²) in [7, 11) is -3.87. The molecule has 6 nitrogen and oxygen atoms in total. The Bertz CT molecular complexity index is 876. The summed E-state index contributed by atoms with van der Waals surface area (Å²) in [5.74, 6) is 1.96. The molecule has 0 radical (unpaired) electrons. The second kappa shape index (κ2) is 10.7. The highest BCUT2D eigenvalue weighted by Gasteiger charge is 2.31. The third-order valence-corrected chi connectivity index (χ3v) is 8.00. The molecular weight excluding hydrogens is 621 g/mol. The van der Waals surface area contributed by atoms with Crippen molar-refractivity contribution in [2.24, 2.45) is 0 Å². The number of halogens is 2. The second-order valence-electron chi connectivity index (χ2n) is 6.89. The van der Waals surface area contributed by atoms with E-state index in [0.29, 0.717) is 30.1 Å². The lowest BCUT2D eigenvalue weighted by molar-refractivity contribution is -0.111. The predicted octanol–water partition coefficient (Wildman–Crippen LogP) is 7.20. The Kier molecular flexibility index (Phi) is 9.08. The van der Waals surface area contributed by atoms with Crippen LogP contribution in [0.4, 0.5) is 0 Å². The van der Waals surface area contributed by atoms with Gasteiger partial charge in [-0.2, -0.15) is 0 Å². The van der Waals surface area contributed by atoms with Gasteiger partial charge in [-0.3, -0.25) is 4.57 Å². The molecule has 0 fully saturated rings. The van der Waals surface area contributed by atoms with Gasteiger partial charge in [-0.05, 0) is 82.1 Å². The molecule has 160 valence electrons. The van der Waals surface area contributed by atoms with Gasteiger partial charge in [-0.25, -0.2) is 0 Å². The molecule has 0 aliphatic heterocycles. The number of ether oxygens (including phenoxy) is 1. The highest BCUT2D eigenvalue weighted by atomic mass is 127. The first-order valence-electron chi connectivity index (χ1n) is 9.27. The van der Waals surface area contributed by atoms with E-state index in [1.54, 1.807) is 24.3 Å². The van der Waals surface area contributed by atoms with E-state index >= 15 is 0 Å². The number of benzene rings is 2. The van der Waals surface area contributed by atoms with Gasteiger partial charge >= 0.3 is 7.60 Å². The van der Waals surface area contributed by atoms with Crippen LogP contribution in [-0.2, 0) is 9.24 Å². The topological polar surface area (TPSA) is 85.2 Å². The van der Waals surface area contributed by atoms with Gasteiger partial charge < -0.3 is 19.6 Å². The zero-order valence-corrected chi connectivity index (χ0v) is 21.9. The molecule has 0 amide bonds. The Morgan fingerprint density at radius 2 is 1.62 bits per heavy atom. The average Bonchev–Trinajstić information content (AvgIpc) is 2.65.